The molecule has 1 fully saturated rings. The number of nitrogens with one attached hydrogen (secondary N) is 3. The topological polar surface area (TPSA) is 78.0 Å². The van der Waals surface area contributed by atoms with Crippen LogP contribution in [-0.2, 0) is 11.3 Å². The molecule has 1 aromatic carbocycles. The van der Waals surface area contributed by atoms with Crippen molar-refractivity contribution in [2.24, 2.45) is 4.99 Å². The highest BCUT2D eigenvalue weighted by Gasteiger charge is 2.17. The number of likely N-dealkylation sites (tertiary alicyclic amines) is 1. The number of urea groups is 1. The molecule has 7 nitrogen and oxygen atoms in total. The minimum Gasteiger partial charge on any atom is -0.381 e. The van der Waals surface area contributed by atoms with Crippen molar-refractivity contribution < 1.29 is 9.53 Å². The molecule has 0 aliphatic carbocycles. The molecule has 2 amide bonds. The number of hydrogen-bond donors (Lipinski definition) is 3. The summed E-state index contributed by atoms with van der Waals surface area (Å²) in [6, 6.07) is 7.88. The summed E-state index contributed by atoms with van der Waals surface area (Å²) in [7, 11) is 0. The van der Waals surface area contributed by atoms with E-state index in [1.54, 1.807) is 0 Å². The third-order valence-corrected chi connectivity index (χ3v) is 4.74. The van der Waals surface area contributed by atoms with Crippen molar-refractivity contribution >= 4 is 17.7 Å². The van der Waals surface area contributed by atoms with Gasteiger partial charge in [-0.15, -0.1) is 0 Å². The van der Waals surface area contributed by atoms with Crippen LogP contribution in [0.3, 0.4) is 0 Å². The summed E-state index contributed by atoms with van der Waals surface area (Å²) < 4.78 is 5.59. The number of rotatable bonds is 11. The number of aliphatic imine (C=N–C) groups is 1. The maximum Gasteiger partial charge on any atom is 0.321 e. The number of guanidine groups is 1. The molecule has 0 radical (unpaired) electrons. The monoisotopic (exact) mass is 403 g/mol. The van der Waals surface area contributed by atoms with Crippen LogP contribution >= 0.6 is 0 Å². The van der Waals surface area contributed by atoms with Crippen molar-refractivity contribution in [3.8, 4) is 0 Å². The van der Waals surface area contributed by atoms with Crippen molar-refractivity contribution in [2.75, 3.05) is 44.7 Å². The van der Waals surface area contributed by atoms with E-state index < -0.39 is 0 Å². The summed E-state index contributed by atoms with van der Waals surface area (Å²) in [5.74, 6) is 0.799. The zero-order chi connectivity index (χ0) is 20.7. The molecule has 2 rings (SSSR count). The molecule has 0 bridgehead atoms. The van der Waals surface area contributed by atoms with E-state index in [4.69, 9.17) is 4.74 Å². The largest absolute Gasteiger partial charge is 0.381 e. The quantitative estimate of drug-likeness (QED) is 0.300. The van der Waals surface area contributed by atoms with Crippen LogP contribution in [0.25, 0.3) is 0 Å². The van der Waals surface area contributed by atoms with E-state index in [2.05, 4.69) is 34.8 Å². The molecule has 7 heteroatoms. The lowest BCUT2D eigenvalue weighted by atomic mass is 10.2. The Kier molecular flexibility index (Phi) is 11.0. The second kappa shape index (κ2) is 13.8. The molecular weight excluding hydrogens is 366 g/mol. The molecule has 1 aliphatic rings. The van der Waals surface area contributed by atoms with Crippen LogP contribution in [0.1, 0.15) is 51.5 Å². The van der Waals surface area contributed by atoms with Gasteiger partial charge in [0.05, 0.1) is 6.54 Å². The van der Waals surface area contributed by atoms with Gasteiger partial charge in [0.25, 0.3) is 0 Å². The lowest BCUT2D eigenvalue weighted by Gasteiger charge is -2.16. The first kappa shape index (κ1) is 23.0. The van der Waals surface area contributed by atoms with Gasteiger partial charge in [-0.25, -0.2) is 9.79 Å². The number of carbonyl (C=O) groups is 1. The maximum atomic E-state index is 12.3. The van der Waals surface area contributed by atoms with Crippen molar-refractivity contribution in [1.29, 1.82) is 0 Å². The van der Waals surface area contributed by atoms with E-state index in [1.165, 1.54) is 6.42 Å². The summed E-state index contributed by atoms with van der Waals surface area (Å²) in [6.45, 7) is 9.71. The number of amides is 2. The van der Waals surface area contributed by atoms with Gasteiger partial charge in [-0.1, -0.05) is 25.5 Å². The molecule has 0 unspecified atom stereocenters. The molecule has 29 heavy (non-hydrogen) atoms. The summed E-state index contributed by atoms with van der Waals surface area (Å²) >= 11 is 0. The Bertz CT molecular complexity index is 629. The van der Waals surface area contributed by atoms with Gasteiger partial charge >= 0.3 is 6.03 Å². The Hall–Kier alpha value is -2.28. The first-order valence-electron chi connectivity index (χ1n) is 11.0. The predicted octanol–water partition coefficient (Wildman–Crippen LogP) is 3.58. The van der Waals surface area contributed by atoms with E-state index in [0.29, 0.717) is 6.54 Å². The summed E-state index contributed by atoms with van der Waals surface area (Å²) in [5.41, 5.74) is 1.88. The second-order valence-corrected chi connectivity index (χ2v) is 7.27. The van der Waals surface area contributed by atoms with Crippen LogP contribution in [0, 0.1) is 0 Å². The molecule has 0 spiro atoms. The molecule has 1 heterocycles. The second-order valence-electron chi connectivity index (χ2n) is 7.27. The van der Waals surface area contributed by atoms with E-state index in [1.807, 2.05) is 29.2 Å². The van der Waals surface area contributed by atoms with E-state index >= 15 is 0 Å². The fourth-order valence-electron chi connectivity index (χ4n) is 3.11. The van der Waals surface area contributed by atoms with Crippen LogP contribution in [-0.4, -0.2) is 56.3 Å². The minimum absolute atomic E-state index is 0.0145. The maximum absolute atomic E-state index is 12.3. The summed E-state index contributed by atoms with van der Waals surface area (Å²) in [6.07, 6.45) is 5.42. The molecular formula is C22H37N5O2. The lowest BCUT2D eigenvalue weighted by Crippen LogP contribution is -2.38. The lowest BCUT2D eigenvalue weighted by molar-refractivity contribution is 0.129. The number of nitrogens with zero attached hydrogens (tertiary/aromatic N) is 2. The normalized spacial score (nSPS) is 14.1. The first-order valence-corrected chi connectivity index (χ1v) is 11.0. The molecule has 162 valence electrons. The van der Waals surface area contributed by atoms with Gasteiger partial charge in [0.2, 0.25) is 0 Å². The highest BCUT2D eigenvalue weighted by atomic mass is 16.5. The van der Waals surface area contributed by atoms with Crippen molar-refractivity contribution in [1.82, 2.24) is 15.5 Å². The predicted molar refractivity (Wildman–Crippen MR) is 119 cm³/mol. The Morgan fingerprint density at radius 2 is 1.93 bits per heavy atom. The third-order valence-electron chi connectivity index (χ3n) is 4.74. The third kappa shape index (κ3) is 9.17. The van der Waals surface area contributed by atoms with E-state index in [-0.39, 0.29) is 6.03 Å². The van der Waals surface area contributed by atoms with Crippen LogP contribution in [0.15, 0.2) is 29.3 Å². The van der Waals surface area contributed by atoms with E-state index in [0.717, 1.165) is 82.3 Å². The van der Waals surface area contributed by atoms with Gasteiger partial charge in [0, 0.05) is 45.1 Å². The van der Waals surface area contributed by atoms with Gasteiger partial charge < -0.3 is 25.6 Å². The first-order chi connectivity index (χ1) is 14.2. The number of anilines is 1. The van der Waals surface area contributed by atoms with Gasteiger partial charge in [-0.2, -0.15) is 0 Å². The number of unbranched alkanes of at least 4 members (excludes halogenated alkanes) is 1. The summed E-state index contributed by atoms with van der Waals surface area (Å²) in [5, 5.41) is 9.61. The standard InChI is InChI=1S/C22H37N5O2/c1-3-5-15-29-16-9-12-24-21(23-4-2)25-18-19-10-8-11-20(17-19)26-22(28)27-13-6-7-14-27/h8,10-11,17H,3-7,9,12-16,18H2,1-2H3,(H,26,28)(H2,23,24,25). The SMILES string of the molecule is CCCCOCCCNC(=NCc1cccc(NC(=O)N2CCCC2)c1)NCC. The van der Waals surface area contributed by atoms with Crippen LogP contribution in [0.5, 0.6) is 0 Å². The fraction of sp³-hybridized carbons (Fsp3) is 0.636. The average Bonchev–Trinajstić information content (AvgIpc) is 3.26. The molecule has 0 aromatic heterocycles. The van der Waals surface area contributed by atoms with Crippen LogP contribution < -0.4 is 16.0 Å². The number of carbonyl (C=O) groups excluding carboxylic acids is 1. The molecule has 0 atom stereocenters. The van der Waals surface area contributed by atoms with Crippen molar-refractivity contribution in [3.63, 3.8) is 0 Å². The Morgan fingerprint density at radius 3 is 2.69 bits per heavy atom. The molecule has 1 saturated heterocycles. The summed E-state index contributed by atoms with van der Waals surface area (Å²) in [4.78, 5) is 18.8. The number of hydrogen-bond acceptors (Lipinski definition) is 3. The van der Waals surface area contributed by atoms with Gasteiger partial charge in [-0.3, -0.25) is 0 Å². The highest BCUT2D eigenvalue weighted by Crippen LogP contribution is 2.14. The van der Waals surface area contributed by atoms with Crippen LogP contribution in [0.2, 0.25) is 0 Å². The Labute approximate surface area is 175 Å². The van der Waals surface area contributed by atoms with Gasteiger partial charge in [-0.05, 0) is 50.3 Å². The van der Waals surface area contributed by atoms with Gasteiger partial charge in [0.1, 0.15) is 0 Å². The molecule has 1 aliphatic heterocycles. The average molecular weight is 404 g/mol. The van der Waals surface area contributed by atoms with Crippen molar-refractivity contribution in [3.05, 3.63) is 29.8 Å². The highest BCUT2D eigenvalue weighted by molar-refractivity contribution is 5.89. The zero-order valence-corrected chi connectivity index (χ0v) is 18.0. The Morgan fingerprint density at radius 1 is 1.14 bits per heavy atom. The minimum atomic E-state index is -0.0145. The Balaban J connectivity index is 1.79. The van der Waals surface area contributed by atoms with Crippen molar-refractivity contribution in [2.45, 2.75) is 52.5 Å². The number of benzene rings is 1. The zero-order valence-electron chi connectivity index (χ0n) is 18.0. The molecule has 3 N–H and O–H groups in total. The molecule has 0 saturated carbocycles. The molecule has 1 aromatic rings. The fourth-order valence-corrected chi connectivity index (χ4v) is 3.11. The number of ether oxygens (including phenoxy) is 1. The smallest absolute Gasteiger partial charge is 0.321 e. The van der Waals surface area contributed by atoms with Gasteiger partial charge in [0.15, 0.2) is 5.96 Å². The van der Waals surface area contributed by atoms with E-state index in [9.17, 15) is 4.79 Å². The van der Waals surface area contributed by atoms with Crippen LogP contribution in [0.4, 0.5) is 10.5 Å².